The summed E-state index contributed by atoms with van der Waals surface area (Å²) in [5.41, 5.74) is 0.819. The summed E-state index contributed by atoms with van der Waals surface area (Å²) >= 11 is 0. The lowest BCUT2D eigenvalue weighted by Gasteiger charge is -2.35. The van der Waals surface area contributed by atoms with Gasteiger partial charge in [0.05, 0.1) is 6.61 Å². The van der Waals surface area contributed by atoms with Crippen molar-refractivity contribution < 1.29 is 29.0 Å². The second kappa shape index (κ2) is 13.7. The van der Waals surface area contributed by atoms with Crippen LogP contribution < -0.4 is 10.6 Å². The largest absolute Gasteiger partial charge is 0.481 e. The molecule has 2 aromatic rings. The van der Waals surface area contributed by atoms with Crippen molar-refractivity contribution in [3.05, 3.63) is 42.1 Å². The number of aromatic nitrogens is 2. The molecule has 0 spiro atoms. The molecule has 1 aromatic carbocycles. The molecule has 1 aliphatic heterocycles. The average Bonchev–Trinajstić information content (AvgIpc) is 3.48. The molecule has 12 nitrogen and oxygen atoms in total. The fourth-order valence-electron chi connectivity index (χ4n) is 4.94. The van der Waals surface area contributed by atoms with Gasteiger partial charge in [-0.3, -0.25) is 14.4 Å². The lowest BCUT2D eigenvalue weighted by atomic mass is 10.1. The monoisotopic (exact) mass is 552 g/mol. The number of carbonyl (C=O) groups excluding carboxylic acids is 3. The van der Waals surface area contributed by atoms with Crippen molar-refractivity contribution in [2.24, 2.45) is 0 Å². The van der Waals surface area contributed by atoms with Gasteiger partial charge in [0, 0.05) is 50.3 Å². The van der Waals surface area contributed by atoms with E-state index in [1.54, 1.807) is 13.0 Å². The molecule has 2 aliphatic rings. The number of nitrogens with one attached hydrogen (secondary N) is 2. The van der Waals surface area contributed by atoms with Crippen LogP contribution in [0.1, 0.15) is 55.9 Å². The van der Waals surface area contributed by atoms with Crippen LogP contribution in [0.3, 0.4) is 0 Å². The molecule has 1 saturated carbocycles. The number of carboxylic acid groups (broad SMARTS) is 1. The molecule has 0 bridgehead atoms. The maximum absolute atomic E-state index is 13.5. The molecule has 3 N–H and O–H groups in total. The third kappa shape index (κ3) is 7.67. The molecule has 2 fully saturated rings. The molecule has 12 heteroatoms. The number of hydrogen-bond acceptors (Lipinski definition) is 8. The van der Waals surface area contributed by atoms with Gasteiger partial charge < -0.3 is 30.3 Å². The van der Waals surface area contributed by atoms with Gasteiger partial charge in [-0.1, -0.05) is 43.2 Å². The van der Waals surface area contributed by atoms with Crippen LogP contribution in [0.5, 0.6) is 0 Å². The van der Waals surface area contributed by atoms with Crippen LogP contribution in [0.2, 0.25) is 0 Å². The average molecular weight is 553 g/mol. The van der Waals surface area contributed by atoms with Crippen molar-refractivity contribution in [1.82, 2.24) is 25.1 Å². The highest BCUT2D eigenvalue weighted by Gasteiger charge is 2.31. The summed E-state index contributed by atoms with van der Waals surface area (Å²) in [6, 6.07) is 10.1. The topological polar surface area (TPSA) is 154 Å². The number of aliphatic carboxylic acids is 1. The molecule has 1 atom stereocenters. The van der Waals surface area contributed by atoms with Crippen LogP contribution in [0.4, 0.5) is 10.6 Å². The van der Waals surface area contributed by atoms with Crippen LogP contribution in [0.25, 0.3) is 11.4 Å². The van der Waals surface area contributed by atoms with Crippen molar-refractivity contribution in [3.63, 3.8) is 0 Å². The minimum Gasteiger partial charge on any atom is -0.481 e. The number of benzene rings is 1. The van der Waals surface area contributed by atoms with E-state index in [0.717, 1.165) is 31.2 Å². The first-order valence-corrected chi connectivity index (χ1v) is 13.8. The molecule has 1 aromatic heterocycles. The van der Waals surface area contributed by atoms with E-state index in [1.807, 2.05) is 30.3 Å². The standard InChI is InChI=1S/C28H36N6O6/c1-2-40-28(39)34-16-14-33(15-17-34)27(38)21(12-13-24(35)36)31-26(37)22-18-23(29-20-10-6-7-11-20)32-25(30-22)19-8-4-3-5-9-19/h3-5,8-9,18,20-21H,2,6-7,10-17H2,1H3,(H,31,37)(H,35,36)(H,29,30,32)/t21-/m0/s1. The minimum absolute atomic E-state index is 0.0783. The summed E-state index contributed by atoms with van der Waals surface area (Å²) in [6.45, 7) is 3.05. The van der Waals surface area contributed by atoms with Crippen LogP contribution in [-0.2, 0) is 14.3 Å². The fraction of sp³-hybridized carbons (Fsp3) is 0.500. The number of ether oxygens (including phenoxy) is 1. The molecule has 3 amide bonds. The predicted octanol–water partition coefficient (Wildman–Crippen LogP) is 2.76. The molecule has 2 heterocycles. The van der Waals surface area contributed by atoms with Crippen LogP contribution in [0, 0.1) is 0 Å². The van der Waals surface area contributed by atoms with Crippen LogP contribution >= 0.6 is 0 Å². The highest BCUT2D eigenvalue weighted by Crippen LogP contribution is 2.24. The molecule has 0 unspecified atom stereocenters. The molecule has 214 valence electrons. The zero-order valence-corrected chi connectivity index (χ0v) is 22.7. The Bertz CT molecular complexity index is 1200. The molecule has 4 rings (SSSR count). The van der Waals surface area contributed by atoms with Crippen molar-refractivity contribution >= 4 is 29.7 Å². The van der Waals surface area contributed by atoms with E-state index in [9.17, 15) is 24.3 Å². The smallest absolute Gasteiger partial charge is 0.409 e. The summed E-state index contributed by atoms with van der Waals surface area (Å²) in [4.78, 5) is 62.4. The van der Waals surface area contributed by atoms with E-state index < -0.39 is 29.9 Å². The molecule has 0 radical (unpaired) electrons. The van der Waals surface area contributed by atoms with E-state index in [0.29, 0.717) is 11.6 Å². The zero-order chi connectivity index (χ0) is 28.5. The summed E-state index contributed by atoms with van der Waals surface area (Å²) in [5.74, 6) is -1.18. The summed E-state index contributed by atoms with van der Waals surface area (Å²) in [5, 5.41) is 15.4. The van der Waals surface area contributed by atoms with E-state index in [-0.39, 0.29) is 57.4 Å². The van der Waals surface area contributed by atoms with Crippen molar-refractivity contribution in [3.8, 4) is 11.4 Å². The number of anilines is 1. The Morgan fingerprint density at radius 1 is 1.02 bits per heavy atom. The lowest BCUT2D eigenvalue weighted by Crippen LogP contribution is -2.56. The van der Waals surface area contributed by atoms with Gasteiger partial charge in [0.1, 0.15) is 17.6 Å². The quantitative estimate of drug-likeness (QED) is 0.404. The summed E-state index contributed by atoms with van der Waals surface area (Å²) in [7, 11) is 0. The number of hydrogen-bond donors (Lipinski definition) is 3. The molecular weight excluding hydrogens is 516 g/mol. The van der Waals surface area contributed by atoms with Gasteiger partial charge in [0.15, 0.2) is 5.82 Å². The molecule has 1 saturated heterocycles. The van der Waals surface area contributed by atoms with Crippen molar-refractivity contribution in [2.75, 3.05) is 38.1 Å². The molecule has 40 heavy (non-hydrogen) atoms. The van der Waals surface area contributed by atoms with E-state index in [2.05, 4.69) is 20.6 Å². The van der Waals surface area contributed by atoms with Crippen molar-refractivity contribution in [1.29, 1.82) is 0 Å². The zero-order valence-electron chi connectivity index (χ0n) is 22.7. The number of piperazine rings is 1. The number of carboxylic acids is 1. The minimum atomic E-state index is -1.07. The summed E-state index contributed by atoms with van der Waals surface area (Å²) in [6.07, 6.45) is 3.47. The normalized spacial score (nSPS) is 16.3. The third-order valence-corrected chi connectivity index (χ3v) is 7.07. The predicted molar refractivity (Wildman–Crippen MR) is 147 cm³/mol. The number of rotatable bonds is 10. The first kappa shape index (κ1) is 28.8. The molecular formula is C28H36N6O6. The maximum Gasteiger partial charge on any atom is 0.409 e. The van der Waals surface area contributed by atoms with Gasteiger partial charge in [0.2, 0.25) is 5.91 Å². The number of carbonyl (C=O) groups is 4. The SMILES string of the molecule is CCOC(=O)N1CCN(C(=O)[C@H](CCC(=O)O)NC(=O)c2cc(NC3CCCC3)nc(-c3ccccc3)n2)CC1. The lowest BCUT2D eigenvalue weighted by molar-refractivity contribution is -0.138. The Morgan fingerprint density at radius 3 is 2.35 bits per heavy atom. The second-order valence-electron chi connectivity index (χ2n) is 9.92. The first-order chi connectivity index (χ1) is 19.3. The third-order valence-electron chi connectivity index (χ3n) is 7.07. The van der Waals surface area contributed by atoms with Gasteiger partial charge in [-0.2, -0.15) is 0 Å². The van der Waals surface area contributed by atoms with Crippen LogP contribution in [0.15, 0.2) is 36.4 Å². The highest BCUT2D eigenvalue weighted by molar-refractivity contribution is 5.97. The number of amides is 3. The van der Waals surface area contributed by atoms with E-state index >= 15 is 0 Å². The highest BCUT2D eigenvalue weighted by atomic mass is 16.6. The Labute approximate surface area is 233 Å². The fourth-order valence-corrected chi connectivity index (χ4v) is 4.94. The Hall–Kier alpha value is -4.22. The first-order valence-electron chi connectivity index (χ1n) is 13.8. The van der Waals surface area contributed by atoms with Gasteiger partial charge in [-0.15, -0.1) is 0 Å². The maximum atomic E-state index is 13.5. The Kier molecular flexibility index (Phi) is 9.87. The van der Waals surface area contributed by atoms with Gasteiger partial charge >= 0.3 is 12.1 Å². The van der Waals surface area contributed by atoms with Gasteiger partial charge in [0.25, 0.3) is 5.91 Å². The van der Waals surface area contributed by atoms with E-state index in [4.69, 9.17) is 4.74 Å². The number of nitrogens with zero attached hydrogens (tertiary/aromatic N) is 4. The van der Waals surface area contributed by atoms with Crippen LogP contribution in [-0.4, -0.2) is 93.6 Å². The molecule has 1 aliphatic carbocycles. The summed E-state index contributed by atoms with van der Waals surface area (Å²) < 4.78 is 5.03. The second-order valence-corrected chi connectivity index (χ2v) is 9.92. The van der Waals surface area contributed by atoms with E-state index in [1.165, 1.54) is 9.80 Å². The van der Waals surface area contributed by atoms with Gasteiger partial charge in [-0.05, 0) is 26.2 Å². The Morgan fingerprint density at radius 2 is 1.70 bits per heavy atom. The Balaban J connectivity index is 1.52. The van der Waals surface area contributed by atoms with Gasteiger partial charge in [-0.25, -0.2) is 14.8 Å². The van der Waals surface area contributed by atoms with Crippen molar-refractivity contribution in [2.45, 2.75) is 57.5 Å².